The van der Waals surface area contributed by atoms with Crippen molar-refractivity contribution in [1.29, 1.82) is 0 Å². The summed E-state index contributed by atoms with van der Waals surface area (Å²) in [6.07, 6.45) is 1.12. The first-order valence-corrected chi connectivity index (χ1v) is 6.92. The Morgan fingerprint density at radius 2 is 2.25 bits per heavy atom. The van der Waals surface area contributed by atoms with E-state index in [1.165, 1.54) is 0 Å². The van der Waals surface area contributed by atoms with Crippen LogP contribution >= 0.6 is 0 Å². The molecule has 1 unspecified atom stereocenters. The third-order valence-electron chi connectivity index (χ3n) is 3.66. The first-order chi connectivity index (χ1) is 9.58. The molecular formula is C14H23N5O. The van der Waals surface area contributed by atoms with E-state index in [0.29, 0.717) is 18.4 Å². The quantitative estimate of drug-likeness (QED) is 0.829. The van der Waals surface area contributed by atoms with Crippen LogP contribution in [-0.4, -0.2) is 67.5 Å². The fourth-order valence-electron chi connectivity index (χ4n) is 2.45. The van der Waals surface area contributed by atoms with Crippen molar-refractivity contribution in [3.8, 4) is 0 Å². The lowest BCUT2D eigenvalue weighted by Crippen LogP contribution is -2.39. The maximum atomic E-state index is 12.0. The summed E-state index contributed by atoms with van der Waals surface area (Å²) in [7, 11) is 5.92. The molecule has 20 heavy (non-hydrogen) atoms. The number of likely N-dealkylation sites (tertiary alicyclic amines) is 1. The summed E-state index contributed by atoms with van der Waals surface area (Å²) in [6.45, 7) is 2.52. The van der Waals surface area contributed by atoms with Gasteiger partial charge >= 0.3 is 0 Å². The Morgan fingerprint density at radius 3 is 2.90 bits per heavy atom. The Balaban J connectivity index is 1.85. The largest absolute Gasteiger partial charge is 0.373 e. The molecule has 6 nitrogen and oxygen atoms in total. The molecule has 2 heterocycles. The number of likely N-dealkylation sites (N-methyl/N-ethyl adjacent to an activating group) is 2. The van der Waals surface area contributed by atoms with Gasteiger partial charge in [0.05, 0.1) is 6.54 Å². The van der Waals surface area contributed by atoms with E-state index >= 15 is 0 Å². The first kappa shape index (κ1) is 14.7. The number of pyridine rings is 1. The van der Waals surface area contributed by atoms with E-state index in [1.54, 1.807) is 13.1 Å². The van der Waals surface area contributed by atoms with Gasteiger partial charge in [0.25, 0.3) is 0 Å². The summed E-state index contributed by atoms with van der Waals surface area (Å²) in [6, 6.07) is 5.98. The van der Waals surface area contributed by atoms with Crippen molar-refractivity contribution in [2.75, 3.05) is 51.4 Å². The zero-order valence-corrected chi connectivity index (χ0v) is 12.4. The van der Waals surface area contributed by atoms with Gasteiger partial charge in [-0.1, -0.05) is 6.07 Å². The van der Waals surface area contributed by atoms with Crippen LogP contribution in [0, 0.1) is 0 Å². The number of hydrogen-bond donors (Lipinski definition) is 2. The Hall–Kier alpha value is -1.66. The second kappa shape index (κ2) is 6.67. The number of rotatable bonds is 5. The van der Waals surface area contributed by atoms with Crippen molar-refractivity contribution in [1.82, 2.24) is 14.8 Å². The van der Waals surface area contributed by atoms with Gasteiger partial charge in [-0.15, -0.1) is 0 Å². The van der Waals surface area contributed by atoms with Gasteiger partial charge in [0.1, 0.15) is 11.6 Å². The normalized spacial score (nSPS) is 19.3. The smallest absolute Gasteiger partial charge is 0.239 e. The van der Waals surface area contributed by atoms with Gasteiger partial charge < -0.3 is 15.5 Å². The summed E-state index contributed by atoms with van der Waals surface area (Å²) in [5.41, 5.74) is 0. The van der Waals surface area contributed by atoms with E-state index in [4.69, 9.17) is 0 Å². The zero-order valence-electron chi connectivity index (χ0n) is 12.4. The standard InChI is InChI=1S/C14H23N5O/c1-15-12-5-4-6-13(16-12)17-14(20)10-19(3)11-7-8-18(2)9-11/h4-6,11H,7-10H2,1-3H3,(H2,15,16,17,20). The Kier molecular flexibility index (Phi) is 4.92. The van der Waals surface area contributed by atoms with Crippen molar-refractivity contribution in [3.05, 3.63) is 18.2 Å². The van der Waals surface area contributed by atoms with Crippen LogP contribution in [0.25, 0.3) is 0 Å². The number of nitrogens with zero attached hydrogens (tertiary/aromatic N) is 3. The van der Waals surface area contributed by atoms with Crippen molar-refractivity contribution in [2.45, 2.75) is 12.5 Å². The minimum Gasteiger partial charge on any atom is -0.373 e. The molecule has 1 aliphatic heterocycles. The third-order valence-corrected chi connectivity index (χ3v) is 3.66. The van der Waals surface area contributed by atoms with Crippen LogP contribution in [0.2, 0.25) is 0 Å². The molecule has 1 aliphatic rings. The zero-order chi connectivity index (χ0) is 14.5. The average molecular weight is 277 g/mol. The Labute approximate surface area is 120 Å². The predicted molar refractivity (Wildman–Crippen MR) is 80.9 cm³/mol. The van der Waals surface area contributed by atoms with Gasteiger partial charge in [0, 0.05) is 19.6 Å². The Bertz CT molecular complexity index is 465. The monoisotopic (exact) mass is 277 g/mol. The van der Waals surface area contributed by atoms with E-state index in [9.17, 15) is 4.79 Å². The van der Waals surface area contributed by atoms with Gasteiger partial charge in [-0.2, -0.15) is 0 Å². The number of carbonyl (C=O) groups is 1. The van der Waals surface area contributed by atoms with Crippen LogP contribution in [0.5, 0.6) is 0 Å². The molecule has 0 bridgehead atoms. The highest BCUT2D eigenvalue weighted by Gasteiger charge is 2.24. The van der Waals surface area contributed by atoms with Crippen LogP contribution in [-0.2, 0) is 4.79 Å². The summed E-state index contributed by atoms with van der Waals surface area (Å²) in [5, 5.41) is 5.79. The maximum Gasteiger partial charge on any atom is 0.239 e. The topological polar surface area (TPSA) is 60.5 Å². The van der Waals surface area contributed by atoms with Gasteiger partial charge in [0.15, 0.2) is 0 Å². The van der Waals surface area contributed by atoms with Crippen LogP contribution in [0.4, 0.5) is 11.6 Å². The second-order valence-electron chi connectivity index (χ2n) is 5.33. The van der Waals surface area contributed by atoms with E-state index < -0.39 is 0 Å². The fraction of sp³-hybridized carbons (Fsp3) is 0.571. The lowest BCUT2D eigenvalue weighted by Gasteiger charge is -2.23. The Morgan fingerprint density at radius 1 is 1.50 bits per heavy atom. The molecule has 0 spiro atoms. The number of hydrogen-bond acceptors (Lipinski definition) is 5. The number of anilines is 2. The molecule has 0 aliphatic carbocycles. The van der Waals surface area contributed by atoms with Gasteiger partial charge in [0.2, 0.25) is 5.91 Å². The highest BCUT2D eigenvalue weighted by molar-refractivity contribution is 5.91. The number of carbonyl (C=O) groups excluding carboxylic acids is 1. The molecular weight excluding hydrogens is 254 g/mol. The molecule has 1 aromatic rings. The first-order valence-electron chi connectivity index (χ1n) is 6.92. The molecule has 1 atom stereocenters. The molecule has 0 aromatic carbocycles. The molecule has 2 rings (SSSR count). The van der Waals surface area contributed by atoms with Gasteiger partial charge in [-0.05, 0) is 39.2 Å². The third kappa shape index (κ3) is 3.91. The molecule has 6 heteroatoms. The number of amides is 1. The molecule has 1 aromatic heterocycles. The van der Waals surface area contributed by atoms with E-state index in [-0.39, 0.29) is 5.91 Å². The van der Waals surface area contributed by atoms with Crippen molar-refractivity contribution in [2.24, 2.45) is 0 Å². The van der Waals surface area contributed by atoms with Crippen molar-refractivity contribution >= 4 is 17.5 Å². The van der Waals surface area contributed by atoms with Crippen LogP contribution < -0.4 is 10.6 Å². The molecule has 2 N–H and O–H groups in total. The molecule has 0 radical (unpaired) electrons. The minimum atomic E-state index is -0.0252. The van der Waals surface area contributed by atoms with E-state index in [1.807, 2.05) is 19.2 Å². The lowest BCUT2D eigenvalue weighted by atomic mass is 10.2. The van der Waals surface area contributed by atoms with Gasteiger partial charge in [-0.25, -0.2) is 4.98 Å². The van der Waals surface area contributed by atoms with Crippen molar-refractivity contribution in [3.63, 3.8) is 0 Å². The van der Waals surface area contributed by atoms with Crippen LogP contribution in [0.15, 0.2) is 18.2 Å². The molecule has 1 fully saturated rings. The predicted octanol–water partition coefficient (Wildman–Crippen LogP) is 0.698. The number of nitrogens with one attached hydrogen (secondary N) is 2. The van der Waals surface area contributed by atoms with Crippen LogP contribution in [0.1, 0.15) is 6.42 Å². The number of aromatic nitrogens is 1. The van der Waals surface area contributed by atoms with Crippen LogP contribution in [0.3, 0.4) is 0 Å². The molecule has 1 amide bonds. The van der Waals surface area contributed by atoms with E-state index in [0.717, 1.165) is 25.3 Å². The summed E-state index contributed by atoms with van der Waals surface area (Å²) >= 11 is 0. The van der Waals surface area contributed by atoms with Crippen molar-refractivity contribution < 1.29 is 4.79 Å². The maximum absolute atomic E-state index is 12.0. The minimum absolute atomic E-state index is 0.0252. The summed E-state index contributed by atoms with van der Waals surface area (Å²) in [5.74, 6) is 1.30. The molecule has 1 saturated heterocycles. The average Bonchev–Trinajstić information content (AvgIpc) is 2.85. The fourth-order valence-corrected chi connectivity index (χ4v) is 2.45. The lowest BCUT2D eigenvalue weighted by molar-refractivity contribution is -0.117. The summed E-state index contributed by atoms with van der Waals surface area (Å²) < 4.78 is 0. The highest BCUT2D eigenvalue weighted by atomic mass is 16.2. The van der Waals surface area contributed by atoms with E-state index in [2.05, 4.69) is 32.5 Å². The molecule has 110 valence electrons. The molecule has 0 saturated carbocycles. The van der Waals surface area contributed by atoms with Gasteiger partial charge in [-0.3, -0.25) is 9.69 Å². The highest BCUT2D eigenvalue weighted by Crippen LogP contribution is 2.13. The summed E-state index contributed by atoms with van der Waals surface area (Å²) in [4.78, 5) is 20.7. The SMILES string of the molecule is CNc1cccc(NC(=O)CN(C)C2CCN(C)C2)n1. The second-order valence-corrected chi connectivity index (χ2v) is 5.33.